The highest BCUT2D eigenvalue weighted by Gasteiger charge is 2.31. The molecule has 1 saturated heterocycles. The van der Waals surface area contributed by atoms with Gasteiger partial charge in [-0.05, 0) is 37.1 Å². The minimum absolute atomic E-state index is 0.0395. The average molecular weight is 321 g/mol. The number of sulfonamides is 1. The van der Waals surface area contributed by atoms with Crippen molar-refractivity contribution >= 4 is 10.0 Å². The van der Waals surface area contributed by atoms with Crippen molar-refractivity contribution < 1.29 is 12.8 Å². The summed E-state index contributed by atoms with van der Waals surface area (Å²) < 4.78 is 39.7. The van der Waals surface area contributed by atoms with E-state index in [1.165, 1.54) is 16.4 Å². The molecule has 3 rings (SSSR count). The van der Waals surface area contributed by atoms with E-state index in [2.05, 4.69) is 9.97 Å². The molecule has 0 unspecified atom stereocenters. The fourth-order valence-corrected chi connectivity index (χ4v) is 4.20. The molecule has 1 fully saturated rings. The van der Waals surface area contributed by atoms with Gasteiger partial charge in [0.25, 0.3) is 0 Å². The Balaban J connectivity index is 1.83. The molecule has 2 heterocycles. The van der Waals surface area contributed by atoms with Gasteiger partial charge in [0.05, 0.1) is 10.6 Å². The van der Waals surface area contributed by atoms with Crippen LogP contribution in [0.2, 0.25) is 0 Å². The summed E-state index contributed by atoms with van der Waals surface area (Å²) in [5.41, 5.74) is 0.807. The monoisotopic (exact) mass is 321 g/mol. The maximum Gasteiger partial charge on any atom is 0.243 e. The molecule has 1 aliphatic rings. The fraction of sp³-hybridized carbons (Fsp3) is 0.333. The van der Waals surface area contributed by atoms with Crippen LogP contribution in [-0.4, -0.2) is 35.8 Å². The number of hydrogen-bond acceptors (Lipinski definition) is 4. The Hall–Kier alpha value is -1.86. The van der Waals surface area contributed by atoms with Crippen LogP contribution in [0.1, 0.15) is 24.5 Å². The molecule has 0 spiro atoms. The Kier molecular flexibility index (Phi) is 4.17. The SMILES string of the molecule is O=S(=O)(c1ccc(F)cc1)N1CCC[C@H](c2cnccn2)C1. The van der Waals surface area contributed by atoms with Crippen molar-refractivity contribution in [3.8, 4) is 0 Å². The van der Waals surface area contributed by atoms with E-state index in [9.17, 15) is 12.8 Å². The predicted molar refractivity (Wildman–Crippen MR) is 79.2 cm³/mol. The summed E-state index contributed by atoms with van der Waals surface area (Å²) in [7, 11) is -3.60. The van der Waals surface area contributed by atoms with Gasteiger partial charge in [0.2, 0.25) is 10.0 Å². The molecule has 0 amide bonds. The van der Waals surface area contributed by atoms with Crippen molar-refractivity contribution in [2.45, 2.75) is 23.7 Å². The molecular weight excluding hydrogens is 305 g/mol. The molecule has 1 aliphatic heterocycles. The summed E-state index contributed by atoms with van der Waals surface area (Å²) in [6.07, 6.45) is 6.54. The Morgan fingerprint density at radius 3 is 2.64 bits per heavy atom. The fourth-order valence-electron chi connectivity index (χ4n) is 2.68. The highest BCUT2D eigenvalue weighted by atomic mass is 32.2. The third kappa shape index (κ3) is 3.00. The number of rotatable bonds is 3. The third-order valence-corrected chi connectivity index (χ3v) is 5.72. The Bertz CT molecular complexity index is 735. The maximum atomic E-state index is 13.0. The van der Waals surface area contributed by atoms with E-state index in [0.717, 1.165) is 30.7 Å². The summed E-state index contributed by atoms with van der Waals surface area (Å²) in [6.45, 7) is 0.842. The minimum atomic E-state index is -3.60. The van der Waals surface area contributed by atoms with Crippen LogP contribution in [0.25, 0.3) is 0 Å². The second kappa shape index (κ2) is 6.10. The lowest BCUT2D eigenvalue weighted by atomic mass is 9.96. The standard InChI is InChI=1S/C15H16FN3O2S/c16-13-3-5-14(6-4-13)22(20,21)19-9-1-2-12(11-19)15-10-17-7-8-18-15/h3-8,10,12H,1-2,9,11H2/t12-/m0/s1. The number of aromatic nitrogens is 2. The number of nitrogens with zero attached hydrogens (tertiary/aromatic N) is 3. The predicted octanol–water partition coefficient (Wildman–Crippen LogP) is 2.18. The Labute approximate surface area is 128 Å². The van der Waals surface area contributed by atoms with Crippen LogP contribution in [0, 0.1) is 5.82 Å². The van der Waals surface area contributed by atoms with E-state index < -0.39 is 15.8 Å². The molecule has 1 aromatic carbocycles. The first-order chi connectivity index (χ1) is 10.6. The van der Waals surface area contributed by atoms with Crippen LogP contribution in [0.5, 0.6) is 0 Å². The second-order valence-corrected chi connectivity index (χ2v) is 7.22. The van der Waals surface area contributed by atoms with E-state index in [4.69, 9.17) is 0 Å². The lowest BCUT2D eigenvalue weighted by Gasteiger charge is -2.31. The zero-order valence-electron chi connectivity index (χ0n) is 11.9. The largest absolute Gasteiger partial charge is 0.261 e. The smallest absolute Gasteiger partial charge is 0.243 e. The molecule has 0 bridgehead atoms. The van der Waals surface area contributed by atoms with Crippen LogP contribution in [0.15, 0.2) is 47.8 Å². The zero-order chi connectivity index (χ0) is 15.6. The van der Waals surface area contributed by atoms with E-state index >= 15 is 0 Å². The summed E-state index contributed by atoms with van der Waals surface area (Å²) in [6, 6.07) is 4.93. The van der Waals surface area contributed by atoms with Gasteiger partial charge in [0.1, 0.15) is 5.82 Å². The van der Waals surface area contributed by atoms with E-state index in [0.29, 0.717) is 13.1 Å². The molecule has 116 valence electrons. The zero-order valence-corrected chi connectivity index (χ0v) is 12.7. The summed E-state index contributed by atoms with van der Waals surface area (Å²) in [4.78, 5) is 8.43. The molecular formula is C15H16FN3O2S. The molecule has 7 heteroatoms. The molecule has 1 atom stereocenters. The first kappa shape index (κ1) is 15.1. The summed E-state index contributed by atoms with van der Waals surface area (Å²) in [5, 5.41) is 0. The maximum absolute atomic E-state index is 13.0. The van der Waals surface area contributed by atoms with Gasteiger partial charge in [-0.15, -0.1) is 0 Å². The second-order valence-electron chi connectivity index (χ2n) is 5.29. The number of benzene rings is 1. The molecule has 0 radical (unpaired) electrons. The quantitative estimate of drug-likeness (QED) is 0.869. The van der Waals surface area contributed by atoms with Crippen LogP contribution >= 0.6 is 0 Å². The van der Waals surface area contributed by atoms with E-state index in [1.54, 1.807) is 18.6 Å². The van der Waals surface area contributed by atoms with Gasteiger partial charge in [0, 0.05) is 37.6 Å². The van der Waals surface area contributed by atoms with E-state index in [1.807, 2.05) is 0 Å². The van der Waals surface area contributed by atoms with Crippen molar-refractivity contribution in [1.82, 2.24) is 14.3 Å². The summed E-state index contributed by atoms with van der Waals surface area (Å²) >= 11 is 0. The highest BCUT2D eigenvalue weighted by Crippen LogP contribution is 2.28. The van der Waals surface area contributed by atoms with Gasteiger partial charge in [-0.2, -0.15) is 4.31 Å². The van der Waals surface area contributed by atoms with Crippen molar-refractivity contribution in [1.29, 1.82) is 0 Å². The van der Waals surface area contributed by atoms with Crippen molar-refractivity contribution in [2.24, 2.45) is 0 Å². The van der Waals surface area contributed by atoms with Gasteiger partial charge < -0.3 is 0 Å². The first-order valence-corrected chi connectivity index (χ1v) is 8.53. The molecule has 0 aliphatic carbocycles. The van der Waals surface area contributed by atoms with Gasteiger partial charge in [-0.25, -0.2) is 12.8 Å². The molecule has 5 nitrogen and oxygen atoms in total. The average Bonchev–Trinajstić information content (AvgIpc) is 2.56. The van der Waals surface area contributed by atoms with Crippen molar-refractivity contribution in [3.05, 3.63) is 54.4 Å². The molecule has 1 aromatic heterocycles. The Morgan fingerprint density at radius 1 is 1.18 bits per heavy atom. The van der Waals surface area contributed by atoms with Crippen LogP contribution < -0.4 is 0 Å². The van der Waals surface area contributed by atoms with Crippen molar-refractivity contribution in [2.75, 3.05) is 13.1 Å². The van der Waals surface area contributed by atoms with Gasteiger partial charge in [0.15, 0.2) is 0 Å². The van der Waals surface area contributed by atoms with E-state index in [-0.39, 0.29) is 10.8 Å². The summed E-state index contributed by atoms with van der Waals surface area (Å²) in [5.74, 6) is -0.410. The third-order valence-electron chi connectivity index (χ3n) is 3.84. The molecule has 0 saturated carbocycles. The number of halogens is 1. The van der Waals surface area contributed by atoms with Gasteiger partial charge in [-0.3, -0.25) is 9.97 Å². The Morgan fingerprint density at radius 2 is 1.95 bits per heavy atom. The number of piperidine rings is 1. The van der Waals surface area contributed by atoms with Gasteiger partial charge in [-0.1, -0.05) is 0 Å². The lowest BCUT2D eigenvalue weighted by Crippen LogP contribution is -2.39. The lowest BCUT2D eigenvalue weighted by molar-refractivity contribution is 0.312. The normalized spacial score (nSPS) is 20.0. The molecule has 22 heavy (non-hydrogen) atoms. The highest BCUT2D eigenvalue weighted by molar-refractivity contribution is 7.89. The topological polar surface area (TPSA) is 63.2 Å². The van der Waals surface area contributed by atoms with Crippen LogP contribution in [0.3, 0.4) is 0 Å². The van der Waals surface area contributed by atoms with Crippen LogP contribution in [0.4, 0.5) is 4.39 Å². The van der Waals surface area contributed by atoms with Crippen molar-refractivity contribution in [3.63, 3.8) is 0 Å². The van der Waals surface area contributed by atoms with Gasteiger partial charge >= 0.3 is 0 Å². The first-order valence-electron chi connectivity index (χ1n) is 7.09. The number of hydrogen-bond donors (Lipinski definition) is 0. The molecule has 2 aromatic rings. The molecule has 0 N–H and O–H groups in total. The van der Waals surface area contributed by atoms with Crippen LogP contribution in [-0.2, 0) is 10.0 Å². The minimum Gasteiger partial charge on any atom is -0.261 e.